The van der Waals surface area contributed by atoms with E-state index < -0.39 is 0 Å². The van der Waals surface area contributed by atoms with Gasteiger partial charge in [0.1, 0.15) is 0 Å². The molecule has 4 heteroatoms. The summed E-state index contributed by atoms with van der Waals surface area (Å²) in [6, 6.07) is 5.52. The molecule has 3 N–H and O–H groups in total. The SMILES string of the molecule is CCCCN(CC)CC(=O)Nc1ccc(N)cc1C. The van der Waals surface area contributed by atoms with E-state index in [-0.39, 0.29) is 5.91 Å². The molecule has 0 aromatic heterocycles. The third-order valence-electron chi connectivity index (χ3n) is 3.17. The van der Waals surface area contributed by atoms with Gasteiger partial charge in [0.15, 0.2) is 0 Å². The second-order valence-corrected chi connectivity index (χ2v) is 4.84. The van der Waals surface area contributed by atoms with Crippen LogP contribution in [0.1, 0.15) is 32.3 Å². The summed E-state index contributed by atoms with van der Waals surface area (Å²) in [7, 11) is 0. The zero-order valence-corrected chi connectivity index (χ0v) is 12.2. The van der Waals surface area contributed by atoms with Crippen molar-refractivity contribution in [3.8, 4) is 0 Å². The summed E-state index contributed by atoms with van der Waals surface area (Å²) in [4.78, 5) is 14.2. The van der Waals surface area contributed by atoms with Crippen LogP contribution in [-0.4, -0.2) is 30.4 Å². The molecule has 0 radical (unpaired) electrons. The van der Waals surface area contributed by atoms with Crippen LogP contribution in [0, 0.1) is 6.92 Å². The van der Waals surface area contributed by atoms with E-state index in [9.17, 15) is 4.79 Å². The number of nitrogens with two attached hydrogens (primary N) is 1. The van der Waals surface area contributed by atoms with Crippen LogP contribution in [-0.2, 0) is 4.79 Å². The Morgan fingerprint density at radius 3 is 2.68 bits per heavy atom. The lowest BCUT2D eigenvalue weighted by atomic mass is 10.2. The number of likely N-dealkylation sites (N-methyl/N-ethyl adjacent to an activating group) is 1. The molecular formula is C15H25N3O. The van der Waals surface area contributed by atoms with Gasteiger partial charge in [0.2, 0.25) is 5.91 Å². The van der Waals surface area contributed by atoms with E-state index in [1.54, 1.807) is 6.07 Å². The Balaban J connectivity index is 2.54. The molecule has 0 aliphatic rings. The van der Waals surface area contributed by atoms with Crippen LogP contribution in [0.3, 0.4) is 0 Å². The number of nitrogens with zero attached hydrogens (tertiary/aromatic N) is 1. The van der Waals surface area contributed by atoms with Gasteiger partial charge >= 0.3 is 0 Å². The zero-order chi connectivity index (χ0) is 14.3. The van der Waals surface area contributed by atoms with Crippen LogP contribution < -0.4 is 11.1 Å². The van der Waals surface area contributed by atoms with Crippen LogP contribution in [0.2, 0.25) is 0 Å². The van der Waals surface area contributed by atoms with Crippen molar-refractivity contribution in [2.24, 2.45) is 0 Å². The van der Waals surface area contributed by atoms with Gasteiger partial charge in [0, 0.05) is 11.4 Å². The molecule has 0 aliphatic carbocycles. The number of rotatable bonds is 7. The quantitative estimate of drug-likeness (QED) is 0.743. The topological polar surface area (TPSA) is 58.4 Å². The van der Waals surface area contributed by atoms with E-state index in [1.807, 2.05) is 19.1 Å². The summed E-state index contributed by atoms with van der Waals surface area (Å²) in [6.07, 6.45) is 2.28. The molecule has 0 spiro atoms. The molecule has 0 fully saturated rings. The van der Waals surface area contributed by atoms with Crippen LogP contribution >= 0.6 is 0 Å². The van der Waals surface area contributed by atoms with E-state index in [4.69, 9.17) is 5.73 Å². The number of unbranched alkanes of at least 4 members (excludes halogenated alkanes) is 1. The predicted octanol–water partition coefficient (Wildman–Crippen LogP) is 2.64. The molecule has 0 heterocycles. The Morgan fingerprint density at radius 2 is 2.11 bits per heavy atom. The maximum atomic E-state index is 12.0. The van der Waals surface area contributed by atoms with Crippen molar-refractivity contribution < 1.29 is 4.79 Å². The number of carbonyl (C=O) groups is 1. The van der Waals surface area contributed by atoms with Crippen LogP contribution in [0.4, 0.5) is 11.4 Å². The largest absolute Gasteiger partial charge is 0.399 e. The van der Waals surface area contributed by atoms with Crippen molar-refractivity contribution in [2.75, 3.05) is 30.7 Å². The molecular weight excluding hydrogens is 238 g/mol. The number of nitrogens with one attached hydrogen (secondary N) is 1. The Labute approximate surface area is 116 Å². The standard InChI is InChI=1S/C15H25N3O/c1-4-6-9-18(5-2)11-15(19)17-14-8-7-13(16)10-12(14)3/h7-8,10H,4-6,9,11,16H2,1-3H3,(H,17,19). The third kappa shape index (κ3) is 5.30. The van der Waals surface area contributed by atoms with Gasteiger partial charge in [-0.2, -0.15) is 0 Å². The lowest BCUT2D eigenvalue weighted by molar-refractivity contribution is -0.117. The van der Waals surface area contributed by atoms with Gasteiger partial charge in [-0.3, -0.25) is 9.69 Å². The monoisotopic (exact) mass is 263 g/mol. The normalized spacial score (nSPS) is 10.7. The fraction of sp³-hybridized carbons (Fsp3) is 0.533. The maximum Gasteiger partial charge on any atom is 0.238 e. The number of amides is 1. The molecule has 1 aromatic carbocycles. The zero-order valence-electron chi connectivity index (χ0n) is 12.2. The average molecular weight is 263 g/mol. The fourth-order valence-corrected chi connectivity index (χ4v) is 1.95. The number of hydrogen-bond donors (Lipinski definition) is 2. The highest BCUT2D eigenvalue weighted by Crippen LogP contribution is 2.17. The van der Waals surface area contributed by atoms with Crippen molar-refractivity contribution in [2.45, 2.75) is 33.6 Å². The van der Waals surface area contributed by atoms with E-state index in [0.717, 1.165) is 37.2 Å². The van der Waals surface area contributed by atoms with Gasteiger partial charge in [-0.05, 0) is 50.2 Å². The van der Waals surface area contributed by atoms with E-state index in [2.05, 4.69) is 24.1 Å². The molecule has 1 aromatic rings. The van der Waals surface area contributed by atoms with Crippen molar-refractivity contribution >= 4 is 17.3 Å². The van der Waals surface area contributed by atoms with Crippen LogP contribution in [0.5, 0.6) is 0 Å². The number of carbonyl (C=O) groups excluding carboxylic acids is 1. The van der Waals surface area contributed by atoms with Gasteiger partial charge in [-0.1, -0.05) is 20.3 Å². The molecule has 0 bridgehead atoms. The smallest absolute Gasteiger partial charge is 0.238 e. The number of benzene rings is 1. The number of hydrogen-bond acceptors (Lipinski definition) is 3. The predicted molar refractivity (Wildman–Crippen MR) is 81.2 cm³/mol. The molecule has 0 unspecified atom stereocenters. The molecule has 0 aliphatic heterocycles. The average Bonchev–Trinajstić information content (AvgIpc) is 2.38. The first-order valence-corrected chi connectivity index (χ1v) is 6.95. The van der Waals surface area contributed by atoms with Gasteiger partial charge in [-0.25, -0.2) is 0 Å². The van der Waals surface area contributed by atoms with Gasteiger partial charge in [0.05, 0.1) is 6.54 Å². The summed E-state index contributed by atoms with van der Waals surface area (Å²) >= 11 is 0. The number of nitrogen functional groups attached to an aromatic ring is 1. The molecule has 0 atom stereocenters. The molecule has 1 amide bonds. The first kappa shape index (κ1) is 15.5. The Kier molecular flexibility index (Phi) is 6.36. The fourth-order valence-electron chi connectivity index (χ4n) is 1.95. The minimum absolute atomic E-state index is 0.0332. The van der Waals surface area contributed by atoms with E-state index in [0.29, 0.717) is 12.2 Å². The minimum atomic E-state index is 0.0332. The van der Waals surface area contributed by atoms with Crippen molar-refractivity contribution in [3.63, 3.8) is 0 Å². The Morgan fingerprint density at radius 1 is 1.37 bits per heavy atom. The molecule has 106 valence electrons. The van der Waals surface area contributed by atoms with Gasteiger partial charge in [-0.15, -0.1) is 0 Å². The maximum absolute atomic E-state index is 12.0. The summed E-state index contributed by atoms with van der Waals surface area (Å²) in [5, 5.41) is 2.94. The molecule has 19 heavy (non-hydrogen) atoms. The summed E-state index contributed by atoms with van der Waals surface area (Å²) in [5.74, 6) is 0.0332. The highest BCUT2D eigenvalue weighted by Gasteiger charge is 2.09. The van der Waals surface area contributed by atoms with E-state index in [1.165, 1.54) is 0 Å². The lowest BCUT2D eigenvalue weighted by Gasteiger charge is -2.19. The van der Waals surface area contributed by atoms with Crippen molar-refractivity contribution in [1.29, 1.82) is 0 Å². The first-order chi connectivity index (χ1) is 9.06. The second-order valence-electron chi connectivity index (χ2n) is 4.84. The van der Waals surface area contributed by atoms with Crippen LogP contribution in [0.15, 0.2) is 18.2 Å². The van der Waals surface area contributed by atoms with Gasteiger partial charge in [0.25, 0.3) is 0 Å². The molecule has 1 rings (SSSR count). The summed E-state index contributed by atoms with van der Waals surface area (Å²) in [6.45, 7) is 8.50. The minimum Gasteiger partial charge on any atom is -0.399 e. The second kappa shape index (κ2) is 7.79. The molecule has 0 saturated carbocycles. The van der Waals surface area contributed by atoms with Gasteiger partial charge < -0.3 is 11.1 Å². The third-order valence-corrected chi connectivity index (χ3v) is 3.17. The molecule has 4 nitrogen and oxygen atoms in total. The first-order valence-electron chi connectivity index (χ1n) is 6.95. The van der Waals surface area contributed by atoms with E-state index >= 15 is 0 Å². The summed E-state index contributed by atoms with van der Waals surface area (Å²) in [5.41, 5.74) is 8.24. The Bertz CT molecular complexity index is 418. The number of aryl methyl sites for hydroxylation is 1. The van der Waals surface area contributed by atoms with Crippen molar-refractivity contribution in [1.82, 2.24) is 4.90 Å². The highest BCUT2D eigenvalue weighted by molar-refractivity contribution is 5.93. The highest BCUT2D eigenvalue weighted by atomic mass is 16.2. The summed E-state index contributed by atoms with van der Waals surface area (Å²) < 4.78 is 0. The van der Waals surface area contributed by atoms with Crippen LogP contribution in [0.25, 0.3) is 0 Å². The Hall–Kier alpha value is -1.55. The van der Waals surface area contributed by atoms with Crippen molar-refractivity contribution in [3.05, 3.63) is 23.8 Å². The molecule has 0 saturated heterocycles. The lowest BCUT2D eigenvalue weighted by Crippen LogP contribution is -2.34. The number of anilines is 2.